The molecular formula is C27H32N7O3+. The van der Waals surface area contributed by atoms with Crippen molar-refractivity contribution in [2.75, 3.05) is 14.1 Å². The van der Waals surface area contributed by atoms with Crippen LogP contribution < -0.4 is 20.6 Å². The lowest BCUT2D eigenvalue weighted by molar-refractivity contribution is -0.114. The van der Waals surface area contributed by atoms with Gasteiger partial charge in [0.2, 0.25) is 0 Å². The van der Waals surface area contributed by atoms with E-state index >= 15 is 0 Å². The quantitative estimate of drug-likeness (QED) is 0.260. The molecule has 0 saturated heterocycles. The van der Waals surface area contributed by atoms with Gasteiger partial charge in [0.15, 0.2) is 5.65 Å². The Kier molecular flexibility index (Phi) is 6.84. The summed E-state index contributed by atoms with van der Waals surface area (Å²) in [6, 6.07) is 12.5. The Bertz CT molecular complexity index is 1490. The second kappa shape index (κ2) is 9.88. The minimum absolute atomic E-state index is 0.0513. The molecule has 1 amide bonds. The van der Waals surface area contributed by atoms with Crippen LogP contribution in [0.5, 0.6) is 23.4 Å². The Labute approximate surface area is 215 Å². The summed E-state index contributed by atoms with van der Waals surface area (Å²) < 4.78 is 12.3. The molecular weight excluding hydrogens is 470 g/mol. The monoisotopic (exact) mass is 502 g/mol. The maximum atomic E-state index is 12.4. The zero-order chi connectivity index (χ0) is 26.9. The second-order valence-electron chi connectivity index (χ2n) is 9.89. The predicted octanol–water partition coefficient (Wildman–Crippen LogP) is 2.96. The number of nitrogens with two attached hydrogens (primary N) is 2. The van der Waals surface area contributed by atoms with E-state index in [9.17, 15) is 4.79 Å². The van der Waals surface area contributed by atoms with E-state index in [0.29, 0.717) is 40.2 Å². The average Bonchev–Trinajstić information content (AvgIpc) is 3.26. The number of aryl methyl sites for hydroxylation is 1. The second-order valence-corrected chi connectivity index (χ2v) is 9.89. The van der Waals surface area contributed by atoms with Crippen LogP contribution in [-0.2, 0) is 11.8 Å². The lowest BCUT2D eigenvalue weighted by Crippen LogP contribution is -2.46. The Morgan fingerprint density at radius 1 is 1.05 bits per heavy atom. The van der Waals surface area contributed by atoms with Gasteiger partial charge in [-0.2, -0.15) is 9.97 Å². The molecule has 0 saturated carbocycles. The number of amides is 1. The van der Waals surface area contributed by atoms with E-state index in [1.807, 2.05) is 19.1 Å². The molecule has 2 heterocycles. The number of rotatable bonds is 7. The fourth-order valence-electron chi connectivity index (χ4n) is 3.75. The molecule has 0 bridgehead atoms. The number of carbonyl (C=O) groups excluding carboxylic acids is 1. The number of H-pyrrole nitrogens is 1. The zero-order valence-electron chi connectivity index (χ0n) is 21.9. The first-order valence-corrected chi connectivity index (χ1v) is 11.9. The van der Waals surface area contributed by atoms with E-state index in [2.05, 4.69) is 40.7 Å². The number of nitrogens with zero attached hydrogens (tertiary/aromatic N) is 4. The number of benzene rings is 2. The molecule has 37 heavy (non-hydrogen) atoms. The number of fused-ring (bicyclic) bond motifs is 1. The molecule has 4 rings (SSSR count). The van der Waals surface area contributed by atoms with Gasteiger partial charge in [-0.15, -0.1) is 0 Å². The number of carbonyl (C=O) groups is 1. The van der Waals surface area contributed by atoms with Gasteiger partial charge in [0.1, 0.15) is 22.8 Å². The number of nitrogens with one attached hydrogen (secondary N) is 1. The van der Waals surface area contributed by atoms with E-state index in [-0.39, 0.29) is 29.0 Å². The van der Waals surface area contributed by atoms with Crippen LogP contribution in [0.4, 0.5) is 0 Å². The number of amidine groups is 1. The highest BCUT2D eigenvalue weighted by atomic mass is 16.5. The maximum absolute atomic E-state index is 12.4. The van der Waals surface area contributed by atoms with Crippen molar-refractivity contribution in [2.45, 2.75) is 39.5 Å². The Hall–Kier alpha value is -4.47. The highest BCUT2D eigenvalue weighted by Crippen LogP contribution is 2.36. The zero-order valence-corrected chi connectivity index (χ0v) is 21.9. The standard InChI is InChI=1S/C27H31N7O3/c1-7-20-30-21-23(31-20)32-26(37-19-14-15(22(28)29)11-12-18(19)27(2,3)4)33-24(21)36-17-10-8-9-16(13-17)25(35)34(5)6/h8-14H,7H2,1-6H3,(H3,28,29)(H,30,31,32,33)/p+1. The summed E-state index contributed by atoms with van der Waals surface area (Å²) in [7, 11) is 3.39. The number of hydrogen-bond donors (Lipinski definition) is 3. The summed E-state index contributed by atoms with van der Waals surface area (Å²) in [5.74, 6) is 1.95. The van der Waals surface area contributed by atoms with Gasteiger partial charge in [-0.25, -0.2) is 4.98 Å². The molecule has 4 aromatic rings. The van der Waals surface area contributed by atoms with Gasteiger partial charge in [-0.05, 0) is 35.7 Å². The molecule has 0 aliphatic carbocycles. The summed E-state index contributed by atoms with van der Waals surface area (Å²) in [4.78, 5) is 30.8. The van der Waals surface area contributed by atoms with Crippen molar-refractivity contribution < 1.29 is 19.7 Å². The summed E-state index contributed by atoms with van der Waals surface area (Å²) in [5, 5.41) is 5.84. The van der Waals surface area contributed by atoms with Crippen molar-refractivity contribution in [3.8, 4) is 23.4 Å². The van der Waals surface area contributed by atoms with Crippen LogP contribution in [0.1, 0.15) is 55.0 Å². The topological polar surface area (TPSA) is 145 Å². The first-order valence-electron chi connectivity index (χ1n) is 11.9. The van der Waals surface area contributed by atoms with E-state index in [1.54, 1.807) is 44.4 Å². The predicted molar refractivity (Wildman–Crippen MR) is 141 cm³/mol. The van der Waals surface area contributed by atoms with Gasteiger partial charge in [0.25, 0.3) is 17.6 Å². The van der Waals surface area contributed by atoms with Gasteiger partial charge in [0, 0.05) is 31.6 Å². The number of aromatic amines is 1. The molecule has 0 radical (unpaired) electrons. The molecule has 10 nitrogen and oxygen atoms in total. The van der Waals surface area contributed by atoms with Crippen LogP contribution in [0.25, 0.3) is 11.2 Å². The molecule has 2 aromatic carbocycles. The van der Waals surface area contributed by atoms with Crippen LogP contribution in [0.3, 0.4) is 0 Å². The molecule has 0 fully saturated rings. The van der Waals surface area contributed by atoms with Crippen molar-refractivity contribution in [3.63, 3.8) is 0 Å². The number of ether oxygens (including phenoxy) is 2. The minimum Gasteiger partial charge on any atom is -0.437 e. The summed E-state index contributed by atoms with van der Waals surface area (Å²) >= 11 is 0. The Balaban J connectivity index is 1.79. The Morgan fingerprint density at radius 3 is 2.46 bits per heavy atom. The van der Waals surface area contributed by atoms with Crippen LogP contribution in [0, 0.1) is 0 Å². The van der Waals surface area contributed by atoms with Crippen molar-refractivity contribution in [1.82, 2.24) is 24.8 Å². The van der Waals surface area contributed by atoms with Crippen molar-refractivity contribution >= 4 is 22.9 Å². The normalized spacial score (nSPS) is 11.4. The highest BCUT2D eigenvalue weighted by molar-refractivity contribution is 5.94. The van der Waals surface area contributed by atoms with Gasteiger partial charge in [0.05, 0.1) is 5.56 Å². The van der Waals surface area contributed by atoms with Crippen LogP contribution >= 0.6 is 0 Å². The van der Waals surface area contributed by atoms with Gasteiger partial charge >= 0.3 is 6.01 Å². The third-order valence-corrected chi connectivity index (χ3v) is 5.71. The third kappa shape index (κ3) is 5.53. The molecule has 0 aliphatic rings. The fraction of sp³-hybridized carbons (Fsp3) is 0.296. The molecule has 0 aliphatic heterocycles. The molecule has 2 aromatic heterocycles. The fourth-order valence-corrected chi connectivity index (χ4v) is 3.75. The molecule has 192 valence electrons. The van der Waals surface area contributed by atoms with E-state index in [4.69, 9.17) is 20.6 Å². The van der Waals surface area contributed by atoms with E-state index < -0.39 is 0 Å². The Morgan fingerprint density at radius 2 is 1.81 bits per heavy atom. The number of hydrogen-bond acceptors (Lipinski definition) is 6. The van der Waals surface area contributed by atoms with Crippen LogP contribution in [0.2, 0.25) is 0 Å². The molecule has 10 heteroatoms. The SMILES string of the molecule is CCc1nc2nc(Oc3cc(C(N)=[NH2+])ccc3C(C)(C)C)nc(Oc3cccc(C(=O)N(C)C)c3)c2[nH]1. The summed E-state index contributed by atoms with van der Waals surface area (Å²) in [5.41, 5.74) is 8.58. The molecule has 0 atom stereocenters. The first kappa shape index (κ1) is 25.6. The van der Waals surface area contributed by atoms with Gasteiger partial charge < -0.3 is 19.4 Å². The number of aromatic nitrogens is 4. The van der Waals surface area contributed by atoms with Crippen LogP contribution in [-0.4, -0.2) is 50.7 Å². The van der Waals surface area contributed by atoms with Gasteiger partial charge in [-0.1, -0.05) is 39.8 Å². The molecule has 0 unspecified atom stereocenters. The largest absolute Gasteiger partial charge is 0.437 e. The number of imidazole rings is 1. The lowest BCUT2D eigenvalue weighted by Gasteiger charge is -2.22. The van der Waals surface area contributed by atoms with Crippen LogP contribution in [0.15, 0.2) is 42.5 Å². The summed E-state index contributed by atoms with van der Waals surface area (Å²) in [6.45, 7) is 8.21. The van der Waals surface area contributed by atoms with E-state index in [0.717, 1.165) is 11.4 Å². The molecule has 5 N–H and O–H groups in total. The summed E-state index contributed by atoms with van der Waals surface area (Å²) in [6.07, 6.45) is 0.667. The smallest absolute Gasteiger partial charge is 0.327 e. The molecule has 0 spiro atoms. The van der Waals surface area contributed by atoms with Crippen molar-refractivity contribution in [1.29, 1.82) is 0 Å². The minimum atomic E-state index is -0.234. The van der Waals surface area contributed by atoms with Gasteiger partial charge in [-0.3, -0.25) is 15.9 Å². The lowest BCUT2D eigenvalue weighted by atomic mass is 9.85. The van der Waals surface area contributed by atoms with Crippen molar-refractivity contribution in [2.24, 2.45) is 5.73 Å². The average molecular weight is 503 g/mol. The maximum Gasteiger partial charge on any atom is 0.327 e. The van der Waals surface area contributed by atoms with Crippen molar-refractivity contribution in [3.05, 3.63) is 65.0 Å². The highest BCUT2D eigenvalue weighted by Gasteiger charge is 2.23. The first-order chi connectivity index (χ1) is 17.5. The van der Waals surface area contributed by atoms with E-state index in [1.165, 1.54) is 4.90 Å². The third-order valence-electron chi connectivity index (χ3n) is 5.71.